The lowest BCUT2D eigenvalue weighted by Crippen LogP contribution is -2.39. The molecule has 1 heterocycles. The van der Waals surface area contributed by atoms with Crippen LogP contribution in [0.2, 0.25) is 0 Å². The number of carbonyl (C=O) groups is 2. The van der Waals surface area contributed by atoms with Gasteiger partial charge in [-0.1, -0.05) is 32.1 Å². The second-order valence-corrected chi connectivity index (χ2v) is 7.98. The highest BCUT2D eigenvalue weighted by Gasteiger charge is 2.18. The van der Waals surface area contributed by atoms with E-state index in [4.69, 9.17) is 0 Å². The summed E-state index contributed by atoms with van der Waals surface area (Å²) in [5.74, 6) is 0.101. The molecule has 0 spiro atoms. The van der Waals surface area contributed by atoms with E-state index >= 15 is 0 Å². The van der Waals surface area contributed by atoms with E-state index in [-0.39, 0.29) is 18.0 Å². The average Bonchev–Trinajstić information content (AvgIpc) is 3.26. The van der Waals surface area contributed by atoms with Gasteiger partial charge in [-0.05, 0) is 32.1 Å². The number of anilines is 1. The molecular weight excluding hydrogens is 336 g/mol. The summed E-state index contributed by atoms with van der Waals surface area (Å²) in [5.41, 5.74) is 0.861. The first kappa shape index (κ1) is 18.2. The fourth-order valence-electron chi connectivity index (χ4n) is 3.66. The van der Waals surface area contributed by atoms with E-state index < -0.39 is 0 Å². The number of carbonyl (C=O) groups excluding carboxylic acids is 2. The van der Waals surface area contributed by atoms with Gasteiger partial charge < -0.3 is 10.6 Å². The zero-order chi connectivity index (χ0) is 17.5. The van der Waals surface area contributed by atoms with Gasteiger partial charge in [0.1, 0.15) is 0 Å². The Balaban J connectivity index is 1.37. The molecule has 0 unspecified atom stereocenters. The largest absolute Gasteiger partial charge is 0.353 e. The zero-order valence-electron chi connectivity index (χ0n) is 14.7. The van der Waals surface area contributed by atoms with Crippen LogP contribution in [0.3, 0.4) is 0 Å². The number of hydrogen-bond donors (Lipinski definition) is 3. The number of nitrogens with zero attached hydrogens (tertiary/aromatic N) is 1. The van der Waals surface area contributed by atoms with Crippen LogP contribution in [-0.4, -0.2) is 29.0 Å². The molecule has 6 nitrogen and oxygen atoms in total. The highest BCUT2D eigenvalue weighted by Crippen LogP contribution is 2.20. The van der Waals surface area contributed by atoms with E-state index in [1.165, 1.54) is 43.4 Å². The van der Waals surface area contributed by atoms with Crippen molar-refractivity contribution in [2.24, 2.45) is 0 Å². The fourth-order valence-corrected chi connectivity index (χ4v) is 4.40. The van der Waals surface area contributed by atoms with Crippen molar-refractivity contribution in [3.8, 4) is 0 Å². The molecule has 138 valence electrons. The maximum Gasteiger partial charge on any atom is 0.321 e. The van der Waals surface area contributed by atoms with Crippen molar-refractivity contribution < 1.29 is 9.59 Å². The summed E-state index contributed by atoms with van der Waals surface area (Å²) in [6.07, 6.45) is 11.5. The van der Waals surface area contributed by atoms with Crippen LogP contribution in [0.15, 0.2) is 5.38 Å². The minimum absolute atomic E-state index is 0.101. The van der Waals surface area contributed by atoms with Crippen molar-refractivity contribution in [1.29, 1.82) is 0 Å². The highest BCUT2D eigenvalue weighted by molar-refractivity contribution is 7.13. The molecule has 7 heteroatoms. The Bertz CT molecular complexity index is 577. The minimum atomic E-state index is -0.174. The van der Waals surface area contributed by atoms with E-state index in [1.807, 2.05) is 5.38 Å². The van der Waals surface area contributed by atoms with Gasteiger partial charge >= 0.3 is 6.03 Å². The Morgan fingerprint density at radius 3 is 2.36 bits per heavy atom. The zero-order valence-corrected chi connectivity index (χ0v) is 15.5. The molecule has 1 aromatic rings. The van der Waals surface area contributed by atoms with Crippen molar-refractivity contribution >= 4 is 28.4 Å². The molecule has 0 radical (unpaired) electrons. The predicted octanol–water partition coefficient (Wildman–Crippen LogP) is 3.59. The molecule has 3 amide bonds. The van der Waals surface area contributed by atoms with Crippen molar-refractivity contribution in [2.45, 2.75) is 82.7 Å². The second kappa shape index (κ2) is 9.17. The van der Waals surface area contributed by atoms with Crippen LogP contribution in [0.1, 0.15) is 69.9 Å². The van der Waals surface area contributed by atoms with Gasteiger partial charge in [0.2, 0.25) is 5.91 Å². The van der Waals surface area contributed by atoms with E-state index in [1.54, 1.807) is 0 Å². The number of nitrogens with one attached hydrogen (secondary N) is 3. The minimum Gasteiger partial charge on any atom is -0.353 e. The van der Waals surface area contributed by atoms with Crippen molar-refractivity contribution in [3.63, 3.8) is 0 Å². The summed E-state index contributed by atoms with van der Waals surface area (Å²) in [4.78, 5) is 28.4. The third kappa shape index (κ3) is 5.99. The Morgan fingerprint density at radius 1 is 1.00 bits per heavy atom. The topological polar surface area (TPSA) is 83.1 Å². The quantitative estimate of drug-likeness (QED) is 0.721. The summed E-state index contributed by atoms with van der Waals surface area (Å²) in [5, 5.41) is 11.4. The van der Waals surface area contributed by atoms with Crippen LogP contribution in [-0.2, 0) is 11.2 Å². The number of urea groups is 1. The third-order valence-corrected chi connectivity index (χ3v) is 5.85. The first-order valence-electron chi connectivity index (χ1n) is 9.50. The average molecular weight is 365 g/mol. The molecule has 0 saturated heterocycles. The van der Waals surface area contributed by atoms with Gasteiger partial charge in [0.15, 0.2) is 5.13 Å². The van der Waals surface area contributed by atoms with Gasteiger partial charge in [-0.2, -0.15) is 0 Å². The maximum absolute atomic E-state index is 12.0. The summed E-state index contributed by atoms with van der Waals surface area (Å²) in [7, 11) is 0. The van der Waals surface area contributed by atoms with Crippen LogP contribution in [0.25, 0.3) is 0 Å². The molecule has 0 bridgehead atoms. The number of rotatable bonds is 6. The lowest BCUT2D eigenvalue weighted by Gasteiger charge is -2.22. The van der Waals surface area contributed by atoms with E-state index in [0.717, 1.165) is 31.4 Å². The molecule has 3 N–H and O–H groups in total. The standard InChI is InChI=1S/C18H28N4O2S/c23-16(19-13-8-4-5-9-13)11-10-15-12-25-18(21-15)22-17(24)20-14-6-2-1-3-7-14/h12-14H,1-11H2,(H,19,23)(H2,20,21,22,24). The molecule has 2 aliphatic rings. The van der Waals surface area contributed by atoms with Gasteiger partial charge in [0.25, 0.3) is 0 Å². The summed E-state index contributed by atoms with van der Waals surface area (Å²) >= 11 is 1.41. The van der Waals surface area contributed by atoms with E-state index in [9.17, 15) is 9.59 Å². The summed E-state index contributed by atoms with van der Waals surface area (Å²) < 4.78 is 0. The van der Waals surface area contributed by atoms with Crippen molar-refractivity contribution in [2.75, 3.05) is 5.32 Å². The number of amides is 3. The molecule has 3 rings (SSSR count). The van der Waals surface area contributed by atoms with Crippen LogP contribution in [0.5, 0.6) is 0 Å². The van der Waals surface area contributed by atoms with E-state index in [2.05, 4.69) is 20.9 Å². The maximum atomic E-state index is 12.0. The predicted molar refractivity (Wildman–Crippen MR) is 99.9 cm³/mol. The van der Waals surface area contributed by atoms with Crippen molar-refractivity contribution in [3.05, 3.63) is 11.1 Å². The Labute approximate surface area is 153 Å². The normalized spacial score (nSPS) is 18.9. The Morgan fingerprint density at radius 2 is 1.64 bits per heavy atom. The van der Waals surface area contributed by atoms with Crippen LogP contribution >= 0.6 is 11.3 Å². The smallest absolute Gasteiger partial charge is 0.321 e. The second-order valence-electron chi connectivity index (χ2n) is 7.13. The molecule has 2 saturated carbocycles. The van der Waals surface area contributed by atoms with Crippen molar-refractivity contribution in [1.82, 2.24) is 15.6 Å². The van der Waals surface area contributed by atoms with Crippen LogP contribution in [0, 0.1) is 0 Å². The summed E-state index contributed by atoms with van der Waals surface area (Å²) in [6, 6.07) is 0.475. The Kier molecular flexibility index (Phi) is 6.67. The fraction of sp³-hybridized carbons (Fsp3) is 0.722. The lowest BCUT2D eigenvalue weighted by molar-refractivity contribution is -0.121. The molecule has 1 aromatic heterocycles. The number of thiazole rings is 1. The van der Waals surface area contributed by atoms with Gasteiger partial charge in [0.05, 0.1) is 5.69 Å². The number of aryl methyl sites for hydroxylation is 1. The molecular formula is C18H28N4O2S. The monoisotopic (exact) mass is 364 g/mol. The van der Waals surface area contributed by atoms with Gasteiger partial charge in [-0.15, -0.1) is 11.3 Å². The molecule has 0 aromatic carbocycles. The highest BCUT2D eigenvalue weighted by atomic mass is 32.1. The third-order valence-electron chi connectivity index (χ3n) is 5.04. The number of hydrogen-bond acceptors (Lipinski definition) is 4. The van der Waals surface area contributed by atoms with Gasteiger partial charge in [-0.25, -0.2) is 9.78 Å². The van der Waals surface area contributed by atoms with Crippen LogP contribution in [0.4, 0.5) is 9.93 Å². The SMILES string of the molecule is O=C(CCc1csc(NC(=O)NC2CCCCC2)n1)NC1CCCC1. The Hall–Kier alpha value is -1.63. The van der Waals surface area contributed by atoms with Gasteiger partial charge in [-0.3, -0.25) is 10.1 Å². The van der Waals surface area contributed by atoms with Crippen LogP contribution < -0.4 is 16.0 Å². The summed E-state index contributed by atoms with van der Waals surface area (Å²) in [6.45, 7) is 0. The molecule has 0 atom stereocenters. The molecule has 2 aliphatic carbocycles. The van der Waals surface area contributed by atoms with Gasteiger partial charge in [0, 0.05) is 23.9 Å². The first-order valence-corrected chi connectivity index (χ1v) is 10.4. The molecule has 2 fully saturated rings. The lowest BCUT2D eigenvalue weighted by atomic mass is 9.96. The van der Waals surface area contributed by atoms with E-state index in [0.29, 0.717) is 24.0 Å². The molecule has 0 aliphatic heterocycles. The number of aromatic nitrogens is 1. The molecule has 25 heavy (non-hydrogen) atoms. The first-order chi connectivity index (χ1) is 12.2.